The molecule has 5 heteroatoms. The fourth-order valence-corrected chi connectivity index (χ4v) is 4.39. The average molecular weight is 435 g/mol. The summed E-state index contributed by atoms with van der Waals surface area (Å²) in [5.41, 5.74) is 7.75. The lowest BCUT2D eigenvalue weighted by Gasteiger charge is -2.14. The highest BCUT2D eigenvalue weighted by atomic mass is 16.5. The highest BCUT2D eigenvalue weighted by Crippen LogP contribution is 2.28. The molecular formula is C27H34N2O3. The van der Waals surface area contributed by atoms with Crippen molar-refractivity contribution in [1.82, 2.24) is 9.88 Å². The third kappa shape index (κ3) is 4.98. The molecule has 0 aliphatic heterocycles. The predicted molar refractivity (Wildman–Crippen MR) is 129 cm³/mol. The molecule has 170 valence electrons. The predicted octanol–water partition coefficient (Wildman–Crippen LogP) is 5.01. The maximum Gasteiger partial charge on any atom is 0.268 e. The Balaban J connectivity index is 1.78. The lowest BCUT2D eigenvalue weighted by molar-refractivity contribution is 0.0944. The molecule has 2 aromatic carbocycles. The monoisotopic (exact) mass is 434 g/mol. The molecule has 0 radical (unpaired) electrons. The van der Waals surface area contributed by atoms with Crippen molar-refractivity contribution < 1.29 is 14.3 Å². The van der Waals surface area contributed by atoms with E-state index in [4.69, 9.17) is 9.47 Å². The van der Waals surface area contributed by atoms with E-state index in [1.165, 1.54) is 16.7 Å². The number of hydrogen-bond donors (Lipinski definition) is 1. The molecule has 1 amide bonds. The summed E-state index contributed by atoms with van der Waals surface area (Å²) in [6.07, 6.45) is 1.62. The normalized spacial score (nSPS) is 10.8. The Morgan fingerprint density at radius 3 is 2.38 bits per heavy atom. The summed E-state index contributed by atoms with van der Waals surface area (Å²) >= 11 is 0. The van der Waals surface area contributed by atoms with E-state index in [-0.39, 0.29) is 5.91 Å². The number of benzene rings is 2. The lowest BCUT2D eigenvalue weighted by atomic mass is 10.1. The minimum atomic E-state index is -0.0292. The van der Waals surface area contributed by atoms with Gasteiger partial charge in [0, 0.05) is 18.8 Å². The molecule has 3 rings (SSSR count). The molecule has 5 nitrogen and oxygen atoms in total. The lowest BCUT2D eigenvalue weighted by Crippen LogP contribution is -2.29. The smallest absolute Gasteiger partial charge is 0.268 e. The minimum Gasteiger partial charge on any atom is -0.493 e. The van der Waals surface area contributed by atoms with Crippen LogP contribution in [0.2, 0.25) is 0 Å². The van der Waals surface area contributed by atoms with Crippen molar-refractivity contribution in [3.8, 4) is 11.5 Å². The summed E-state index contributed by atoms with van der Waals surface area (Å²) in [5, 5.41) is 3.12. The SMILES string of the molecule is CCc1c(C)c(C(=O)NCCc2ccc(OC)c(OC)c2)n(Cc2cccc(C)c2)c1C. The van der Waals surface area contributed by atoms with Gasteiger partial charge in [0.2, 0.25) is 0 Å². The van der Waals surface area contributed by atoms with E-state index in [0.717, 1.165) is 28.9 Å². The number of hydrogen-bond acceptors (Lipinski definition) is 3. The zero-order valence-electron chi connectivity index (χ0n) is 20.0. The van der Waals surface area contributed by atoms with Crippen molar-refractivity contribution in [3.63, 3.8) is 0 Å². The van der Waals surface area contributed by atoms with Gasteiger partial charge >= 0.3 is 0 Å². The molecule has 0 aliphatic rings. The van der Waals surface area contributed by atoms with Crippen LogP contribution in [-0.2, 0) is 19.4 Å². The van der Waals surface area contributed by atoms with Gasteiger partial charge in [0.05, 0.1) is 14.2 Å². The standard InChI is InChI=1S/C27H34N2O3/c1-7-23-19(3)26(29(20(23)4)17-22-10-8-9-18(2)15-22)27(30)28-14-13-21-11-12-24(31-5)25(16-21)32-6/h8-12,15-16H,7,13-14,17H2,1-6H3,(H,28,30). The Morgan fingerprint density at radius 2 is 1.72 bits per heavy atom. The topological polar surface area (TPSA) is 52.5 Å². The van der Waals surface area contributed by atoms with Gasteiger partial charge < -0.3 is 19.4 Å². The molecule has 0 saturated heterocycles. The van der Waals surface area contributed by atoms with E-state index in [1.54, 1.807) is 14.2 Å². The van der Waals surface area contributed by atoms with Crippen molar-refractivity contribution in [3.05, 3.63) is 81.7 Å². The molecule has 0 unspecified atom stereocenters. The zero-order valence-corrected chi connectivity index (χ0v) is 20.0. The maximum absolute atomic E-state index is 13.3. The number of nitrogens with one attached hydrogen (secondary N) is 1. The maximum atomic E-state index is 13.3. The first-order chi connectivity index (χ1) is 15.4. The van der Waals surface area contributed by atoms with Gasteiger partial charge in [-0.25, -0.2) is 0 Å². The first kappa shape index (κ1) is 23.5. The number of methoxy groups -OCH3 is 2. The van der Waals surface area contributed by atoms with E-state index in [9.17, 15) is 4.79 Å². The second kappa shape index (κ2) is 10.4. The number of ether oxygens (including phenoxy) is 2. The quantitative estimate of drug-likeness (QED) is 0.515. The fraction of sp³-hybridized carbons (Fsp3) is 0.370. The molecule has 3 aromatic rings. The summed E-state index contributed by atoms with van der Waals surface area (Å²) in [5.74, 6) is 1.37. The van der Waals surface area contributed by atoms with Gasteiger partial charge in [-0.1, -0.05) is 42.8 Å². The molecule has 1 N–H and O–H groups in total. The summed E-state index contributed by atoms with van der Waals surface area (Å²) < 4.78 is 12.8. The zero-order chi connectivity index (χ0) is 23.3. The largest absolute Gasteiger partial charge is 0.493 e. The number of rotatable bonds is 9. The van der Waals surface area contributed by atoms with Gasteiger partial charge in [-0.3, -0.25) is 4.79 Å². The van der Waals surface area contributed by atoms with Gasteiger partial charge in [-0.05, 0) is 68.0 Å². The van der Waals surface area contributed by atoms with E-state index in [1.807, 2.05) is 18.2 Å². The van der Waals surface area contributed by atoms with Crippen LogP contribution in [0.1, 0.15) is 50.9 Å². The number of aromatic nitrogens is 1. The van der Waals surface area contributed by atoms with Crippen LogP contribution in [0.15, 0.2) is 42.5 Å². The van der Waals surface area contributed by atoms with E-state index < -0.39 is 0 Å². The first-order valence-electron chi connectivity index (χ1n) is 11.1. The van der Waals surface area contributed by atoms with E-state index in [0.29, 0.717) is 31.0 Å². The number of aryl methyl sites for hydroxylation is 1. The van der Waals surface area contributed by atoms with Crippen LogP contribution in [-0.4, -0.2) is 31.2 Å². The number of carbonyl (C=O) groups excluding carboxylic acids is 1. The Morgan fingerprint density at radius 1 is 0.969 bits per heavy atom. The van der Waals surface area contributed by atoms with Crippen molar-refractivity contribution in [1.29, 1.82) is 0 Å². The second-order valence-corrected chi connectivity index (χ2v) is 8.16. The van der Waals surface area contributed by atoms with Gasteiger partial charge in [-0.2, -0.15) is 0 Å². The van der Waals surface area contributed by atoms with E-state index in [2.05, 4.69) is 61.8 Å². The van der Waals surface area contributed by atoms with Crippen molar-refractivity contribution in [2.75, 3.05) is 20.8 Å². The van der Waals surface area contributed by atoms with Crippen LogP contribution in [0.4, 0.5) is 0 Å². The molecule has 1 heterocycles. The van der Waals surface area contributed by atoms with Gasteiger partial charge in [0.25, 0.3) is 5.91 Å². The van der Waals surface area contributed by atoms with Crippen molar-refractivity contribution in [2.45, 2.75) is 47.1 Å². The third-order valence-electron chi connectivity index (χ3n) is 6.06. The molecule has 0 spiro atoms. The van der Waals surface area contributed by atoms with Gasteiger partial charge in [-0.15, -0.1) is 0 Å². The summed E-state index contributed by atoms with van der Waals surface area (Å²) in [6, 6.07) is 14.3. The number of amides is 1. The van der Waals surface area contributed by atoms with Gasteiger partial charge in [0.15, 0.2) is 11.5 Å². The highest BCUT2D eigenvalue weighted by molar-refractivity contribution is 5.95. The van der Waals surface area contributed by atoms with Crippen LogP contribution >= 0.6 is 0 Å². The van der Waals surface area contributed by atoms with Crippen LogP contribution < -0.4 is 14.8 Å². The molecule has 32 heavy (non-hydrogen) atoms. The van der Waals surface area contributed by atoms with Crippen LogP contribution in [0, 0.1) is 20.8 Å². The summed E-state index contributed by atoms with van der Waals surface area (Å²) in [7, 11) is 3.25. The van der Waals surface area contributed by atoms with Crippen LogP contribution in [0.5, 0.6) is 11.5 Å². The molecular weight excluding hydrogens is 400 g/mol. The Hall–Kier alpha value is -3.21. The Labute approximate surface area is 191 Å². The molecule has 0 atom stereocenters. The Bertz CT molecular complexity index is 1100. The molecule has 0 aliphatic carbocycles. The van der Waals surface area contributed by atoms with Crippen molar-refractivity contribution in [2.24, 2.45) is 0 Å². The van der Waals surface area contributed by atoms with Gasteiger partial charge in [0.1, 0.15) is 5.69 Å². The van der Waals surface area contributed by atoms with E-state index >= 15 is 0 Å². The molecule has 0 saturated carbocycles. The fourth-order valence-electron chi connectivity index (χ4n) is 4.39. The summed E-state index contributed by atoms with van der Waals surface area (Å²) in [6.45, 7) is 9.64. The van der Waals surface area contributed by atoms with Crippen LogP contribution in [0.25, 0.3) is 0 Å². The molecule has 0 fully saturated rings. The molecule has 1 aromatic heterocycles. The first-order valence-corrected chi connectivity index (χ1v) is 11.1. The van der Waals surface area contributed by atoms with Crippen molar-refractivity contribution >= 4 is 5.91 Å². The third-order valence-corrected chi connectivity index (χ3v) is 6.06. The highest BCUT2D eigenvalue weighted by Gasteiger charge is 2.22. The Kier molecular flexibility index (Phi) is 7.62. The average Bonchev–Trinajstić information content (AvgIpc) is 3.02. The second-order valence-electron chi connectivity index (χ2n) is 8.16. The van der Waals surface area contributed by atoms with Crippen LogP contribution in [0.3, 0.4) is 0 Å². The number of nitrogens with zero attached hydrogens (tertiary/aromatic N) is 1. The molecule has 0 bridgehead atoms. The minimum absolute atomic E-state index is 0.0292. The summed E-state index contributed by atoms with van der Waals surface area (Å²) in [4.78, 5) is 13.3. The number of carbonyl (C=O) groups is 1.